The van der Waals surface area contributed by atoms with Crippen LogP contribution < -0.4 is 10.1 Å². The maximum atomic E-state index is 12.0. The Morgan fingerprint density at radius 2 is 1.89 bits per heavy atom. The minimum absolute atomic E-state index is 0.0576. The molecule has 1 rings (SSSR count). The number of hydrogen-bond acceptors (Lipinski definition) is 4. The number of ether oxygens (including phenoxy) is 1. The number of halogens is 3. The largest absolute Gasteiger partial charge is 0.454 e. The van der Waals surface area contributed by atoms with Crippen molar-refractivity contribution in [1.82, 2.24) is 15.3 Å². The van der Waals surface area contributed by atoms with Crippen LogP contribution in [0.25, 0.3) is 0 Å². The summed E-state index contributed by atoms with van der Waals surface area (Å²) in [5, 5.41) is 3.25. The second-order valence-electron chi connectivity index (χ2n) is 5.27. The Kier molecular flexibility index (Phi) is 4.73. The first-order valence-electron chi connectivity index (χ1n) is 5.84. The maximum absolute atomic E-state index is 12.0. The van der Waals surface area contributed by atoms with Gasteiger partial charge in [0.05, 0.1) is 0 Å². The SMILES string of the molecule is Cc1nc(OCC(F)(F)F)ncc1CNC(C)(C)C. The van der Waals surface area contributed by atoms with Crippen molar-refractivity contribution in [2.24, 2.45) is 0 Å². The summed E-state index contributed by atoms with van der Waals surface area (Å²) in [5.74, 6) is 0. The van der Waals surface area contributed by atoms with Crippen molar-refractivity contribution in [3.63, 3.8) is 0 Å². The fourth-order valence-electron chi connectivity index (χ4n) is 1.22. The minimum Gasteiger partial charge on any atom is -0.454 e. The van der Waals surface area contributed by atoms with E-state index in [0.717, 1.165) is 5.56 Å². The average Bonchev–Trinajstić information content (AvgIpc) is 2.22. The molecule has 108 valence electrons. The summed E-state index contributed by atoms with van der Waals surface area (Å²) in [5.41, 5.74) is 1.37. The highest BCUT2D eigenvalue weighted by molar-refractivity contribution is 5.17. The molecule has 1 heterocycles. The molecule has 19 heavy (non-hydrogen) atoms. The van der Waals surface area contributed by atoms with Gasteiger partial charge in [-0.25, -0.2) is 9.97 Å². The molecule has 1 aromatic rings. The fraction of sp³-hybridized carbons (Fsp3) is 0.667. The molecule has 0 bridgehead atoms. The highest BCUT2D eigenvalue weighted by atomic mass is 19.4. The normalized spacial score (nSPS) is 12.6. The van der Waals surface area contributed by atoms with Gasteiger partial charge in [0.25, 0.3) is 0 Å². The molecule has 1 N–H and O–H groups in total. The molecule has 4 nitrogen and oxygen atoms in total. The summed E-state index contributed by atoms with van der Waals surface area (Å²) in [6.07, 6.45) is -2.91. The Hall–Kier alpha value is -1.37. The van der Waals surface area contributed by atoms with Gasteiger partial charge in [-0.05, 0) is 27.7 Å². The summed E-state index contributed by atoms with van der Waals surface area (Å²) >= 11 is 0. The summed E-state index contributed by atoms with van der Waals surface area (Å²) in [6, 6.07) is -0.255. The molecule has 0 aliphatic carbocycles. The van der Waals surface area contributed by atoms with Crippen molar-refractivity contribution < 1.29 is 17.9 Å². The van der Waals surface area contributed by atoms with Crippen LogP contribution in [-0.4, -0.2) is 28.3 Å². The second-order valence-corrected chi connectivity index (χ2v) is 5.27. The lowest BCUT2D eigenvalue weighted by Crippen LogP contribution is -2.35. The van der Waals surface area contributed by atoms with Gasteiger partial charge in [-0.1, -0.05) is 0 Å². The fourth-order valence-corrected chi connectivity index (χ4v) is 1.22. The summed E-state index contributed by atoms with van der Waals surface area (Å²) in [6.45, 7) is 6.93. The second kappa shape index (κ2) is 5.73. The number of aromatic nitrogens is 2. The monoisotopic (exact) mass is 277 g/mol. The Morgan fingerprint density at radius 1 is 1.26 bits per heavy atom. The Bertz CT molecular complexity index is 427. The smallest absolute Gasteiger partial charge is 0.422 e. The van der Waals surface area contributed by atoms with Gasteiger partial charge in [0.2, 0.25) is 0 Å². The highest BCUT2D eigenvalue weighted by Gasteiger charge is 2.29. The Morgan fingerprint density at radius 3 is 2.37 bits per heavy atom. The van der Waals surface area contributed by atoms with Crippen molar-refractivity contribution in [2.75, 3.05) is 6.61 Å². The van der Waals surface area contributed by atoms with E-state index in [1.165, 1.54) is 6.20 Å². The molecule has 0 radical (unpaired) electrons. The molecule has 0 fully saturated rings. The predicted octanol–water partition coefficient (Wildman–Crippen LogP) is 2.61. The summed E-state index contributed by atoms with van der Waals surface area (Å²) in [7, 11) is 0. The Labute approximate surface area is 110 Å². The summed E-state index contributed by atoms with van der Waals surface area (Å²) < 4.78 is 40.4. The average molecular weight is 277 g/mol. The van der Waals surface area contributed by atoms with E-state index in [4.69, 9.17) is 0 Å². The number of aryl methyl sites for hydroxylation is 1. The molecule has 0 aliphatic rings. The van der Waals surface area contributed by atoms with Gasteiger partial charge in [0.1, 0.15) is 0 Å². The standard InChI is InChI=1S/C12H18F3N3O/c1-8-9(6-17-11(2,3)4)5-16-10(18-8)19-7-12(13,14)15/h5,17H,6-7H2,1-4H3. The lowest BCUT2D eigenvalue weighted by molar-refractivity contribution is -0.154. The van der Waals surface area contributed by atoms with E-state index in [1.54, 1.807) is 6.92 Å². The third-order valence-corrected chi connectivity index (χ3v) is 2.23. The van der Waals surface area contributed by atoms with Gasteiger partial charge >= 0.3 is 12.2 Å². The molecule has 0 amide bonds. The molecule has 0 atom stereocenters. The molecule has 0 saturated carbocycles. The zero-order valence-corrected chi connectivity index (χ0v) is 11.4. The van der Waals surface area contributed by atoms with Crippen LogP contribution in [0.3, 0.4) is 0 Å². The van der Waals surface area contributed by atoms with Crippen LogP contribution >= 0.6 is 0 Å². The lowest BCUT2D eigenvalue weighted by Gasteiger charge is -2.21. The first-order chi connectivity index (χ1) is 8.57. The zero-order chi connectivity index (χ0) is 14.7. The molecule has 0 aromatic carbocycles. The Balaban J connectivity index is 2.64. The molecular formula is C12H18F3N3O. The highest BCUT2D eigenvalue weighted by Crippen LogP contribution is 2.16. The molecular weight excluding hydrogens is 259 g/mol. The van der Waals surface area contributed by atoms with Gasteiger partial charge < -0.3 is 10.1 Å². The number of alkyl halides is 3. The van der Waals surface area contributed by atoms with E-state index >= 15 is 0 Å². The third kappa shape index (κ3) is 6.37. The topological polar surface area (TPSA) is 47.0 Å². The third-order valence-electron chi connectivity index (χ3n) is 2.23. The van der Waals surface area contributed by atoms with Crippen LogP contribution in [0.1, 0.15) is 32.0 Å². The van der Waals surface area contributed by atoms with E-state index in [-0.39, 0.29) is 11.5 Å². The lowest BCUT2D eigenvalue weighted by atomic mass is 10.1. The predicted molar refractivity (Wildman–Crippen MR) is 64.9 cm³/mol. The van der Waals surface area contributed by atoms with Gasteiger partial charge in [-0.15, -0.1) is 0 Å². The van der Waals surface area contributed by atoms with Crippen LogP contribution in [0.4, 0.5) is 13.2 Å². The summed E-state index contributed by atoms with van der Waals surface area (Å²) in [4.78, 5) is 7.67. The molecule has 0 aliphatic heterocycles. The number of rotatable bonds is 4. The van der Waals surface area contributed by atoms with Crippen molar-refractivity contribution >= 4 is 0 Å². The minimum atomic E-state index is -4.39. The van der Waals surface area contributed by atoms with E-state index in [1.807, 2.05) is 20.8 Å². The van der Waals surface area contributed by atoms with Gasteiger partial charge in [0, 0.05) is 29.5 Å². The van der Waals surface area contributed by atoms with Crippen LogP contribution in [-0.2, 0) is 6.54 Å². The number of hydrogen-bond donors (Lipinski definition) is 1. The van der Waals surface area contributed by atoms with Crippen LogP contribution in [0.5, 0.6) is 6.01 Å². The number of nitrogens with one attached hydrogen (secondary N) is 1. The van der Waals surface area contributed by atoms with Crippen molar-refractivity contribution in [1.29, 1.82) is 0 Å². The van der Waals surface area contributed by atoms with Gasteiger partial charge in [0.15, 0.2) is 6.61 Å². The molecule has 1 aromatic heterocycles. The van der Waals surface area contributed by atoms with Crippen LogP contribution in [0.2, 0.25) is 0 Å². The van der Waals surface area contributed by atoms with E-state index in [0.29, 0.717) is 12.2 Å². The first kappa shape index (κ1) is 15.7. The molecule has 0 saturated heterocycles. The van der Waals surface area contributed by atoms with E-state index in [2.05, 4.69) is 20.0 Å². The number of nitrogens with zero attached hydrogens (tertiary/aromatic N) is 2. The molecule has 0 unspecified atom stereocenters. The van der Waals surface area contributed by atoms with Crippen LogP contribution in [0, 0.1) is 6.92 Å². The van der Waals surface area contributed by atoms with Gasteiger partial charge in [-0.3, -0.25) is 0 Å². The molecule has 0 spiro atoms. The van der Waals surface area contributed by atoms with Crippen molar-refractivity contribution in [3.05, 3.63) is 17.5 Å². The maximum Gasteiger partial charge on any atom is 0.422 e. The molecule has 7 heteroatoms. The van der Waals surface area contributed by atoms with Gasteiger partial charge in [-0.2, -0.15) is 13.2 Å². The van der Waals surface area contributed by atoms with Crippen LogP contribution in [0.15, 0.2) is 6.20 Å². The van der Waals surface area contributed by atoms with E-state index < -0.39 is 12.8 Å². The van der Waals surface area contributed by atoms with E-state index in [9.17, 15) is 13.2 Å². The first-order valence-corrected chi connectivity index (χ1v) is 5.84. The zero-order valence-electron chi connectivity index (χ0n) is 11.4. The van der Waals surface area contributed by atoms with Crippen molar-refractivity contribution in [2.45, 2.75) is 46.0 Å². The van der Waals surface area contributed by atoms with Crippen molar-refractivity contribution in [3.8, 4) is 6.01 Å². The quantitative estimate of drug-likeness (QED) is 0.919.